The lowest BCUT2D eigenvalue weighted by Crippen LogP contribution is -2.36. The number of non-ortho nitro benzene ring substituents is 1. The van der Waals surface area contributed by atoms with Gasteiger partial charge in [-0.2, -0.15) is 4.98 Å². The Bertz CT molecular complexity index is 742. The summed E-state index contributed by atoms with van der Waals surface area (Å²) in [4.78, 5) is 16.3. The third-order valence-electron chi connectivity index (χ3n) is 3.16. The fourth-order valence-corrected chi connectivity index (χ4v) is 2.86. The molecule has 1 aromatic heterocycles. The van der Waals surface area contributed by atoms with Crippen LogP contribution in [0, 0.1) is 10.1 Å². The van der Waals surface area contributed by atoms with E-state index in [1.54, 1.807) is 6.07 Å². The Labute approximate surface area is 135 Å². The maximum Gasteiger partial charge on any atom is 0.271 e. The first-order chi connectivity index (χ1) is 11.1. The summed E-state index contributed by atoms with van der Waals surface area (Å²) in [7, 11) is 0. The van der Waals surface area contributed by atoms with Crippen LogP contribution in [0.2, 0.25) is 0 Å². The molecule has 10 heteroatoms. The van der Waals surface area contributed by atoms with Crippen molar-refractivity contribution in [2.45, 2.75) is 0 Å². The molecule has 0 radical (unpaired) electrons. The second-order valence-electron chi connectivity index (χ2n) is 4.70. The second kappa shape index (κ2) is 6.67. The predicted octanol–water partition coefficient (Wildman–Crippen LogP) is 3.01. The van der Waals surface area contributed by atoms with Crippen molar-refractivity contribution in [2.24, 2.45) is 10.2 Å². The molecule has 9 nitrogen and oxygen atoms in total. The van der Waals surface area contributed by atoms with Gasteiger partial charge < -0.3 is 14.7 Å². The molecule has 1 aliphatic heterocycles. The van der Waals surface area contributed by atoms with Crippen LogP contribution in [0.25, 0.3) is 0 Å². The summed E-state index contributed by atoms with van der Waals surface area (Å²) in [5.41, 5.74) is 0.268. The number of ether oxygens (including phenoxy) is 1. The molecule has 1 saturated heterocycles. The molecule has 1 aliphatic rings. The van der Waals surface area contributed by atoms with Gasteiger partial charge in [0.15, 0.2) is 5.13 Å². The van der Waals surface area contributed by atoms with Crippen LogP contribution in [0.3, 0.4) is 0 Å². The summed E-state index contributed by atoms with van der Waals surface area (Å²) in [6, 6.07) is 5.81. The van der Waals surface area contributed by atoms with Crippen molar-refractivity contribution in [1.82, 2.24) is 4.98 Å². The van der Waals surface area contributed by atoms with E-state index in [9.17, 15) is 15.2 Å². The number of rotatable bonds is 4. The van der Waals surface area contributed by atoms with E-state index in [1.807, 2.05) is 4.90 Å². The smallest absolute Gasteiger partial charge is 0.271 e. The van der Waals surface area contributed by atoms with Crippen molar-refractivity contribution < 1.29 is 14.8 Å². The molecule has 1 fully saturated rings. The van der Waals surface area contributed by atoms with Crippen LogP contribution in [0.1, 0.15) is 0 Å². The average molecular weight is 335 g/mol. The van der Waals surface area contributed by atoms with Gasteiger partial charge in [0.05, 0.1) is 23.8 Å². The predicted molar refractivity (Wildman–Crippen MR) is 84.1 cm³/mol. The van der Waals surface area contributed by atoms with Gasteiger partial charge in [0.25, 0.3) is 11.6 Å². The molecule has 0 spiro atoms. The minimum atomic E-state index is -0.500. The SMILES string of the molecule is O=[N+]([O-])c1cccc(N=Nc2sc(N3CCOCC3)nc2O)c1. The number of nitro groups is 1. The summed E-state index contributed by atoms with van der Waals surface area (Å²) in [6.45, 7) is 2.64. The lowest BCUT2D eigenvalue weighted by Gasteiger charge is -2.25. The van der Waals surface area contributed by atoms with E-state index < -0.39 is 4.92 Å². The van der Waals surface area contributed by atoms with Crippen LogP contribution in [0.4, 0.5) is 21.5 Å². The van der Waals surface area contributed by atoms with Crippen LogP contribution in [0.5, 0.6) is 5.88 Å². The molecule has 0 atom stereocenters. The number of nitro benzene ring substituents is 1. The van der Waals surface area contributed by atoms with Crippen LogP contribution >= 0.6 is 11.3 Å². The molecular weight excluding hydrogens is 322 g/mol. The van der Waals surface area contributed by atoms with Crippen LogP contribution in [0.15, 0.2) is 34.5 Å². The highest BCUT2D eigenvalue weighted by molar-refractivity contribution is 7.19. The number of morpholine rings is 1. The minimum Gasteiger partial charge on any atom is -0.491 e. The van der Waals surface area contributed by atoms with Gasteiger partial charge >= 0.3 is 0 Å². The zero-order chi connectivity index (χ0) is 16.2. The minimum absolute atomic E-state index is 0.0658. The Morgan fingerprint density at radius 3 is 2.87 bits per heavy atom. The Hall–Kier alpha value is -2.59. The Kier molecular flexibility index (Phi) is 4.44. The molecule has 0 amide bonds. The van der Waals surface area contributed by atoms with Crippen LogP contribution in [-0.4, -0.2) is 41.3 Å². The van der Waals surface area contributed by atoms with E-state index in [1.165, 1.54) is 29.5 Å². The molecule has 1 aromatic carbocycles. The fraction of sp³-hybridized carbons (Fsp3) is 0.308. The van der Waals surface area contributed by atoms with E-state index in [2.05, 4.69) is 15.2 Å². The molecule has 23 heavy (non-hydrogen) atoms. The summed E-state index contributed by atoms with van der Waals surface area (Å²) in [5, 5.41) is 29.4. The molecule has 0 aliphatic carbocycles. The number of hydrogen-bond acceptors (Lipinski definition) is 9. The first-order valence-corrected chi connectivity index (χ1v) is 7.64. The maximum atomic E-state index is 10.7. The highest BCUT2D eigenvalue weighted by Crippen LogP contribution is 2.39. The first-order valence-electron chi connectivity index (χ1n) is 6.82. The number of aromatic nitrogens is 1. The number of hydrogen-bond donors (Lipinski definition) is 1. The largest absolute Gasteiger partial charge is 0.491 e. The third kappa shape index (κ3) is 3.60. The standard InChI is InChI=1S/C13H13N5O4S/c19-11-12(23-13(14-11)17-4-6-22-7-5-17)16-15-9-2-1-3-10(8-9)18(20)21/h1-3,8,19H,4-7H2. The van der Waals surface area contributed by atoms with E-state index in [4.69, 9.17) is 4.74 Å². The molecule has 120 valence electrons. The second-order valence-corrected chi connectivity index (χ2v) is 5.66. The van der Waals surface area contributed by atoms with E-state index in [0.29, 0.717) is 37.1 Å². The lowest BCUT2D eigenvalue weighted by atomic mass is 10.3. The maximum absolute atomic E-state index is 10.7. The topological polar surface area (TPSA) is 113 Å². The van der Waals surface area contributed by atoms with Gasteiger partial charge in [-0.15, -0.1) is 10.2 Å². The van der Waals surface area contributed by atoms with E-state index >= 15 is 0 Å². The highest BCUT2D eigenvalue weighted by atomic mass is 32.1. The molecule has 2 heterocycles. The van der Waals surface area contributed by atoms with Gasteiger partial charge in [-0.1, -0.05) is 17.4 Å². The van der Waals surface area contributed by atoms with Crippen molar-refractivity contribution in [3.8, 4) is 5.88 Å². The Morgan fingerprint density at radius 2 is 2.13 bits per heavy atom. The van der Waals surface area contributed by atoms with Gasteiger partial charge in [0.1, 0.15) is 0 Å². The lowest BCUT2D eigenvalue weighted by molar-refractivity contribution is -0.384. The van der Waals surface area contributed by atoms with Crippen molar-refractivity contribution in [1.29, 1.82) is 0 Å². The number of benzene rings is 1. The van der Waals surface area contributed by atoms with Gasteiger partial charge in [0.2, 0.25) is 5.00 Å². The zero-order valence-corrected chi connectivity index (χ0v) is 12.8. The summed E-state index contributed by atoms with van der Waals surface area (Å²) in [6.07, 6.45) is 0. The molecular formula is C13H13N5O4S. The van der Waals surface area contributed by atoms with E-state index in [-0.39, 0.29) is 16.6 Å². The number of aromatic hydroxyl groups is 1. The van der Waals surface area contributed by atoms with Gasteiger partial charge in [-0.05, 0) is 6.07 Å². The molecule has 0 bridgehead atoms. The average Bonchev–Trinajstić information content (AvgIpc) is 2.95. The monoisotopic (exact) mass is 335 g/mol. The highest BCUT2D eigenvalue weighted by Gasteiger charge is 2.18. The van der Waals surface area contributed by atoms with Crippen LogP contribution in [-0.2, 0) is 4.74 Å². The van der Waals surface area contributed by atoms with Gasteiger partial charge in [-0.3, -0.25) is 10.1 Å². The van der Waals surface area contributed by atoms with Crippen molar-refractivity contribution >= 4 is 32.8 Å². The molecule has 0 unspecified atom stereocenters. The van der Waals surface area contributed by atoms with Crippen molar-refractivity contribution in [3.63, 3.8) is 0 Å². The summed E-state index contributed by atoms with van der Waals surface area (Å²) in [5.74, 6) is -0.203. The van der Waals surface area contributed by atoms with Crippen LogP contribution < -0.4 is 4.90 Å². The Balaban J connectivity index is 1.78. The third-order valence-corrected chi connectivity index (χ3v) is 4.15. The van der Waals surface area contributed by atoms with Crippen molar-refractivity contribution in [2.75, 3.05) is 31.2 Å². The number of azo groups is 1. The van der Waals surface area contributed by atoms with Gasteiger partial charge in [0, 0.05) is 25.2 Å². The fourth-order valence-electron chi connectivity index (χ4n) is 2.02. The zero-order valence-electron chi connectivity index (χ0n) is 12.0. The quantitative estimate of drug-likeness (QED) is 0.522. The normalized spacial score (nSPS) is 15.2. The molecule has 0 saturated carbocycles. The van der Waals surface area contributed by atoms with Gasteiger partial charge in [-0.25, -0.2) is 0 Å². The number of thiazole rings is 1. The Morgan fingerprint density at radius 1 is 1.35 bits per heavy atom. The summed E-state index contributed by atoms with van der Waals surface area (Å²) < 4.78 is 5.27. The molecule has 2 aromatic rings. The number of nitrogens with zero attached hydrogens (tertiary/aromatic N) is 5. The van der Waals surface area contributed by atoms with E-state index in [0.717, 1.165) is 0 Å². The summed E-state index contributed by atoms with van der Waals surface area (Å²) >= 11 is 1.21. The first kappa shape index (κ1) is 15.3. The number of anilines is 1. The molecule has 1 N–H and O–H groups in total. The molecule has 3 rings (SSSR count). The van der Waals surface area contributed by atoms with Crippen molar-refractivity contribution in [3.05, 3.63) is 34.4 Å².